The number of aromatic nitrogens is 2. The number of fused-ring (bicyclic) bond motifs is 8. The Kier molecular flexibility index (Phi) is 3.51. The van der Waals surface area contributed by atoms with Crippen LogP contribution in [0.15, 0.2) is 22.7 Å². The van der Waals surface area contributed by atoms with Crippen LogP contribution < -0.4 is 0 Å². The van der Waals surface area contributed by atoms with E-state index in [-0.39, 0.29) is 0 Å². The molecule has 3 aliphatic heterocycles. The molecule has 5 atom stereocenters. The van der Waals surface area contributed by atoms with Gasteiger partial charge in [0.25, 0.3) is 0 Å². The number of hydrogen-bond acceptors (Lipinski definition) is 3. The number of rotatable bonds is 2. The van der Waals surface area contributed by atoms with E-state index in [1.807, 2.05) is 0 Å². The molecule has 6 aliphatic rings. The molecule has 2 aromatic heterocycles. The van der Waals surface area contributed by atoms with Gasteiger partial charge in [-0.2, -0.15) is 0 Å². The SMILES string of the molecule is CC1C(c2nc3c(ccc4[nH]cc(C5CN6CCC5CC6)c43)o2)CC2CC1C2(C)C. The van der Waals surface area contributed by atoms with Crippen LogP contribution >= 0.6 is 0 Å². The predicted octanol–water partition coefficient (Wildman–Crippen LogP) is 5.90. The molecule has 3 aliphatic carbocycles. The molecule has 5 heterocycles. The molecule has 4 bridgehead atoms. The number of nitrogens with one attached hydrogen (secondary N) is 1. The first kappa shape index (κ1) is 17.8. The van der Waals surface area contributed by atoms with E-state index in [1.54, 1.807) is 0 Å². The van der Waals surface area contributed by atoms with Gasteiger partial charge in [0.05, 0.1) is 0 Å². The van der Waals surface area contributed by atoms with Gasteiger partial charge in [-0.25, -0.2) is 4.98 Å². The van der Waals surface area contributed by atoms with Gasteiger partial charge in [-0.1, -0.05) is 20.8 Å². The maximum atomic E-state index is 6.46. The summed E-state index contributed by atoms with van der Waals surface area (Å²) in [6.07, 6.45) is 7.59. The van der Waals surface area contributed by atoms with Gasteiger partial charge in [-0.05, 0) is 85.6 Å². The van der Waals surface area contributed by atoms with Crippen molar-refractivity contribution in [1.29, 1.82) is 0 Å². The van der Waals surface area contributed by atoms with Crippen molar-refractivity contribution in [3.05, 3.63) is 29.8 Å². The lowest BCUT2D eigenvalue weighted by Gasteiger charge is -2.61. The molecule has 158 valence electrons. The number of H-pyrrole nitrogens is 1. The third-order valence-electron chi connectivity index (χ3n) is 9.98. The Balaban J connectivity index is 1.32. The van der Waals surface area contributed by atoms with Crippen LogP contribution in [0.3, 0.4) is 0 Å². The minimum Gasteiger partial charge on any atom is -0.440 e. The largest absolute Gasteiger partial charge is 0.440 e. The Morgan fingerprint density at radius 1 is 1.13 bits per heavy atom. The zero-order valence-electron chi connectivity index (χ0n) is 18.4. The lowest BCUT2D eigenvalue weighted by molar-refractivity contribution is -0.114. The molecule has 3 saturated heterocycles. The summed E-state index contributed by atoms with van der Waals surface area (Å²) in [6, 6.07) is 4.32. The number of oxazole rings is 1. The van der Waals surface area contributed by atoms with E-state index >= 15 is 0 Å². The van der Waals surface area contributed by atoms with E-state index in [2.05, 4.69) is 49.0 Å². The topological polar surface area (TPSA) is 45.1 Å². The smallest absolute Gasteiger partial charge is 0.198 e. The molecule has 3 aromatic rings. The van der Waals surface area contributed by atoms with E-state index in [0.717, 1.165) is 34.7 Å². The second kappa shape index (κ2) is 5.91. The predicted molar refractivity (Wildman–Crippen MR) is 120 cm³/mol. The minimum atomic E-state index is 0.475. The molecule has 4 nitrogen and oxygen atoms in total. The standard InChI is InChI=1S/C26H33N3O/c1-14-17(10-16-11-20(14)26(16,2)3)25-28-24-22(30-25)5-4-21-23(24)18(12-27-21)19-13-29-8-6-15(19)7-9-29/h4-5,12,14-17,19-20,27H,6-11,13H2,1-3H3. The molecule has 1 aromatic carbocycles. The summed E-state index contributed by atoms with van der Waals surface area (Å²) < 4.78 is 6.46. The van der Waals surface area contributed by atoms with Crippen molar-refractivity contribution in [3.63, 3.8) is 0 Å². The fraction of sp³-hybridized carbons (Fsp3) is 0.654. The zero-order chi connectivity index (χ0) is 20.2. The highest BCUT2D eigenvalue weighted by molar-refractivity contribution is 6.04. The summed E-state index contributed by atoms with van der Waals surface area (Å²) in [5.41, 5.74) is 5.27. The van der Waals surface area contributed by atoms with Crippen molar-refractivity contribution >= 4 is 22.0 Å². The fourth-order valence-electron chi connectivity index (χ4n) is 7.90. The zero-order valence-corrected chi connectivity index (χ0v) is 18.4. The van der Waals surface area contributed by atoms with Crippen molar-refractivity contribution in [2.24, 2.45) is 29.1 Å². The van der Waals surface area contributed by atoms with Gasteiger partial charge < -0.3 is 14.3 Å². The number of nitrogens with zero attached hydrogens (tertiary/aromatic N) is 2. The van der Waals surface area contributed by atoms with Crippen LogP contribution in [0, 0.1) is 29.1 Å². The molecule has 0 radical (unpaired) electrons. The maximum Gasteiger partial charge on any atom is 0.198 e. The van der Waals surface area contributed by atoms with Crippen LogP contribution in [0.2, 0.25) is 0 Å². The molecule has 4 heteroatoms. The maximum absolute atomic E-state index is 6.46. The van der Waals surface area contributed by atoms with Crippen molar-refractivity contribution < 1.29 is 4.42 Å². The molecule has 6 fully saturated rings. The molecular formula is C26H33N3O. The first-order valence-electron chi connectivity index (χ1n) is 12.1. The lowest BCUT2D eigenvalue weighted by Crippen LogP contribution is -2.54. The van der Waals surface area contributed by atoms with Crippen LogP contribution in [-0.4, -0.2) is 34.5 Å². The Labute approximate surface area is 178 Å². The van der Waals surface area contributed by atoms with Gasteiger partial charge in [0.15, 0.2) is 11.5 Å². The second-order valence-electron chi connectivity index (χ2n) is 11.4. The number of hydrogen-bond donors (Lipinski definition) is 1. The van der Waals surface area contributed by atoms with E-state index in [4.69, 9.17) is 9.40 Å². The van der Waals surface area contributed by atoms with Gasteiger partial charge in [0.2, 0.25) is 0 Å². The fourth-order valence-corrected chi connectivity index (χ4v) is 7.90. The van der Waals surface area contributed by atoms with Gasteiger partial charge in [0, 0.05) is 35.5 Å². The third kappa shape index (κ3) is 2.24. The Morgan fingerprint density at radius 2 is 1.97 bits per heavy atom. The molecular weight excluding hydrogens is 370 g/mol. The van der Waals surface area contributed by atoms with E-state index < -0.39 is 0 Å². The molecule has 0 spiro atoms. The first-order valence-corrected chi connectivity index (χ1v) is 12.1. The van der Waals surface area contributed by atoms with Gasteiger partial charge in [-0.3, -0.25) is 0 Å². The van der Waals surface area contributed by atoms with Crippen LogP contribution in [-0.2, 0) is 0 Å². The summed E-state index contributed by atoms with van der Waals surface area (Å²) in [6.45, 7) is 11.1. The van der Waals surface area contributed by atoms with Crippen LogP contribution in [0.25, 0.3) is 22.0 Å². The van der Waals surface area contributed by atoms with Crippen molar-refractivity contribution in [2.45, 2.75) is 58.3 Å². The highest BCUT2D eigenvalue weighted by Gasteiger charge is 2.57. The van der Waals surface area contributed by atoms with Gasteiger partial charge in [-0.15, -0.1) is 0 Å². The molecule has 0 amide bonds. The Hall–Kier alpha value is -1.81. The van der Waals surface area contributed by atoms with E-state index in [9.17, 15) is 0 Å². The second-order valence-corrected chi connectivity index (χ2v) is 11.4. The lowest BCUT2D eigenvalue weighted by atomic mass is 9.43. The quantitative estimate of drug-likeness (QED) is 0.579. The van der Waals surface area contributed by atoms with Crippen LogP contribution in [0.4, 0.5) is 0 Å². The van der Waals surface area contributed by atoms with E-state index in [0.29, 0.717) is 23.2 Å². The summed E-state index contributed by atoms with van der Waals surface area (Å²) in [7, 11) is 0. The number of benzene rings is 1. The van der Waals surface area contributed by atoms with Crippen LogP contribution in [0.5, 0.6) is 0 Å². The number of piperidine rings is 3. The van der Waals surface area contributed by atoms with Gasteiger partial charge >= 0.3 is 0 Å². The van der Waals surface area contributed by atoms with Crippen molar-refractivity contribution in [2.75, 3.05) is 19.6 Å². The normalized spacial score (nSPS) is 39.5. The average Bonchev–Trinajstić information content (AvgIpc) is 3.38. The van der Waals surface area contributed by atoms with Crippen molar-refractivity contribution in [1.82, 2.24) is 14.9 Å². The monoisotopic (exact) mass is 403 g/mol. The molecule has 1 N–H and O–H groups in total. The van der Waals surface area contributed by atoms with Crippen LogP contribution in [0.1, 0.15) is 69.7 Å². The first-order chi connectivity index (χ1) is 14.5. The Bertz CT molecular complexity index is 1130. The third-order valence-corrected chi connectivity index (χ3v) is 9.98. The van der Waals surface area contributed by atoms with Gasteiger partial charge in [0.1, 0.15) is 5.52 Å². The summed E-state index contributed by atoms with van der Waals surface area (Å²) in [4.78, 5) is 11.4. The molecule has 9 rings (SSSR count). The van der Waals surface area contributed by atoms with E-state index in [1.165, 1.54) is 61.8 Å². The summed E-state index contributed by atoms with van der Waals surface area (Å²) in [5, 5.41) is 1.33. The Morgan fingerprint density at radius 3 is 2.67 bits per heavy atom. The summed E-state index contributed by atoms with van der Waals surface area (Å²) >= 11 is 0. The molecule has 30 heavy (non-hydrogen) atoms. The average molecular weight is 404 g/mol. The van der Waals surface area contributed by atoms with Crippen molar-refractivity contribution in [3.8, 4) is 0 Å². The summed E-state index contributed by atoms with van der Waals surface area (Å²) in [5.74, 6) is 5.22. The molecule has 3 saturated carbocycles. The minimum absolute atomic E-state index is 0.475. The number of aromatic amines is 1. The highest BCUT2D eigenvalue weighted by atomic mass is 16.3. The highest BCUT2D eigenvalue weighted by Crippen LogP contribution is 2.65. The molecule has 5 unspecified atom stereocenters.